The number of aldehydes is 1. The number of para-hydroxylation sites is 3. The average Bonchev–Trinajstić information content (AvgIpc) is 2.48. The van der Waals surface area contributed by atoms with Crippen LogP contribution < -0.4 is 9.47 Å². The van der Waals surface area contributed by atoms with Crippen LogP contribution in [0.1, 0.15) is 5.56 Å². The lowest BCUT2D eigenvalue weighted by atomic mass is 10.1. The van der Waals surface area contributed by atoms with Crippen LogP contribution in [0.5, 0.6) is 17.2 Å². The molecule has 21 heavy (non-hydrogen) atoms. The molecule has 0 saturated carbocycles. The van der Waals surface area contributed by atoms with E-state index in [2.05, 4.69) is 0 Å². The standard InChI is InChI=1S/C16H14O5/c17-9-10-20-14-7-3-4-8-15(14)21-13-6-2-1-5-12(13)11-16(18)19/h1-9H,10-11H2,(H,18,19). The highest BCUT2D eigenvalue weighted by molar-refractivity contribution is 5.71. The largest absolute Gasteiger partial charge is 0.482 e. The first kappa shape index (κ1) is 14.6. The zero-order chi connectivity index (χ0) is 15.1. The Morgan fingerprint density at radius 3 is 2.29 bits per heavy atom. The van der Waals surface area contributed by atoms with Gasteiger partial charge in [0.1, 0.15) is 12.4 Å². The molecule has 0 unspecified atom stereocenters. The van der Waals surface area contributed by atoms with Crippen LogP contribution in [0.3, 0.4) is 0 Å². The highest BCUT2D eigenvalue weighted by Crippen LogP contribution is 2.33. The van der Waals surface area contributed by atoms with Gasteiger partial charge in [0.2, 0.25) is 0 Å². The smallest absolute Gasteiger partial charge is 0.307 e. The van der Waals surface area contributed by atoms with E-state index in [4.69, 9.17) is 14.6 Å². The molecule has 0 fully saturated rings. The molecule has 2 rings (SSSR count). The first-order valence-corrected chi connectivity index (χ1v) is 6.33. The van der Waals surface area contributed by atoms with E-state index in [0.717, 1.165) is 0 Å². The minimum Gasteiger partial charge on any atom is -0.482 e. The van der Waals surface area contributed by atoms with Crippen LogP contribution in [0, 0.1) is 0 Å². The van der Waals surface area contributed by atoms with Crippen molar-refractivity contribution in [2.75, 3.05) is 6.61 Å². The Bertz CT molecular complexity index is 636. The predicted molar refractivity (Wildman–Crippen MR) is 75.9 cm³/mol. The Balaban J connectivity index is 2.26. The molecule has 2 aromatic rings. The normalized spacial score (nSPS) is 9.90. The molecule has 0 saturated heterocycles. The minimum absolute atomic E-state index is 0.0723. The Morgan fingerprint density at radius 2 is 1.62 bits per heavy atom. The summed E-state index contributed by atoms with van der Waals surface area (Å²) >= 11 is 0. The van der Waals surface area contributed by atoms with Gasteiger partial charge in [-0.05, 0) is 18.2 Å². The van der Waals surface area contributed by atoms with E-state index in [0.29, 0.717) is 29.1 Å². The van der Waals surface area contributed by atoms with Crippen LogP contribution in [0.2, 0.25) is 0 Å². The number of carbonyl (C=O) groups is 2. The molecule has 0 heterocycles. The summed E-state index contributed by atoms with van der Waals surface area (Å²) in [5, 5.41) is 8.91. The van der Waals surface area contributed by atoms with Crippen LogP contribution >= 0.6 is 0 Å². The SMILES string of the molecule is O=CCOc1ccccc1Oc1ccccc1CC(=O)O. The summed E-state index contributed by atoms with van der Waals surface area (Å²) in [7, 11) is 0. The predicted octanol–water partition coefficient (Wildman–Crippen LogP) is 2.68. The van der Waals surface area contributed by atoms with Crippen molar-refractivity contribution in [2.45, 2.75) is 6.42 Å². The Kier molecular flexibility index (Phi) is 4.93. The second kappa shape index (κ2) is 7.09. The summed E-state index contributed by atoms with van der Waals surface area (Å²) in [6.07, 6.45) is 0.517. The fraction of sp³-hybridized carbons (Fsp3) is 0.125. The van der Waals surface area contributed by atoms with Crippen molar-refractivity contribution in [2.24, 2.45) is 0 Å². The van der Waals surface area contributed by atoms with Gasteiger partial charge in [-0.25, -0.2) is 0 Å². The third-order valence-corrected chi connectivity index (χ3v) is 2.69. The molecule has 2 aromatic carbocycles. The maximum atomic E-state index is 10.9. The van der Waals surface area contributed by atoms with Crippen molar-refractivity contribution in [3.8, 4) is 17.2 Å². The fourth-order valence-corrected chi connectivity index (χ4v) is 1.81. The molecule has 5 heteroatoms. The quantitative estimate of drug-likeness (QED) is 0.792. The number of benzene rings is 2. The lowest BCUT2D eigenvalue weighted by Gasteiger charge is -2.13. The molecule has 0 amide bonds. The van der Waals surface area contributed by atoms with E-state index in [1.807, 2.05) is 0 Å². The average molecular weight is 286 g/mol. The summed E-state index contributed by atoms with van der Waals surface area (Å²) < 4.78 is 11.0. The molecular weight excluding hydrogens is 272 g/mol. The lowest BCUT2D eigenvalue weighted by molar-refractivity contribution is -0.136. The fourth-order valence-electron chi connectivity index (χ4n) is 1.81. The third-order valence-electron chi connectivity index (χ3n) is 2.69. The summed E-state index contributed by atoms with van der Waals surface area (Å²) in [6, 6.07) is 13.8. The number of hydrogen-bond donors (Lipinski definition) is 1. The molecule has 0 spiro atoms. The van der Waals surface area contributed by atoms with Gasteiger partial charge in [-0.2, -0.15) is 0 Å². The minimum atomic E-state index is -0.934. The number of carboxylic acids is 1. The van der Waals surface area contributed by atoms with E-state index in [9.17, 15) is 9.59 Å². The molecule has 0 aliphatic carbocycles. The third kappa shape index (κ3) is 4.07. The second-order valence-electron chi connectivity index (χ2n) is 4.20. The van der Waals surface area contributed by atoms with Gasteiger partial charge in [0.15, 0.2) is 17.8 Å². The monoisotopic (exact) mass is 286 g/mol. The van der Waals surface area contributed by atoms with Crippen molar-refractivity contribution in [3.05, 3.63) is 54.1 Å². The molecule has 0 bridgehead atoms. The van der Waals surface area contributed by atoms with Crippen molar-refractivity contribution >= 4 is 12.3 Å². The van der Waals surface area contributed by atoms with Gasteiger partial charge < -0.3 is 14.6 Å². The molecule has 5 nitrogen and oxygen atoms in total. The zero-order valence-corrected chi connectivity index (χ0v) is 11.2. The molecule has 1 N–H and O–H groups in total. The van der Waals surface area contributed by atoms with Crippen LogP contribution in [-0.2, 0) is 16.0 Å². The van der Waals surface area contributed by atoms with Gasteiger partial charge in [-0.3, -0.25) is 9.59 Å². The van der Waals surface area contributed by atoms with Crippen LogP contribution in [0.25, 0.3) is 0 Å². The van der Waals surface area contributed by atoms with Crippen LogP contribution in [0.4, 0.5) is 0 Å². The molecular formula is C16H14O5. The summed E-state index contributed by atoms with van der Waals surface area (Å²) in [6.45, 7) is -0.0723. The van der Waals surface area contributed by atoms with Gasteiger partial charge in [-0.15, -0.1) is 0 Å². The van der Waals surface area contributed by atoms with E-state index >= 15 is 0 Å². The molecule has 0 aromatic heterocycles. The molecule has 0 aliphatic rings. The van der Waals surface area contributed by atoms with E-state index in [-0.39, 0.29) is 13.0 Å². The topological polar surface area (TPSA) is 72.8 Å². The van der Waals surface area contributed by atoms with Gasteiger partial charge >= 0.3 is 5.97 Å². The first-order valence-electron chi connectivity index (χ1n) is 6.33. The van der Waals surface area contributed by atoms with Crippen molar-refractivity contribution in [1.29, 1.82) is 0 Å². The lowest BCUT2D eigenvalue weighted by Crippen LogP contribution is -2.03. The maximum Gasteiger partial charge on any atom is 0.307 e. The van der Waals surface area contributed by atoms with Crippen molar-refractivity contribution in [1.82, 2.24) is 0 Å². The second-order valence-corrected chi connectivity index (χ2v) is 4.20. The van der Waals surface area contributed by atoms with Gasteiger partial charge in [0.05, 0.1) is 6.42 Å². The molecule has 0 aliphatic heterocycles. The van der Waals surface area contributed by atoms with E-state index in [1.165, 1.54) is 0 Å². The van der Waals surface area contributed by atoms with E-state index in [1.54, 1.807) is 48.5 Å². The number of hydrogen-bond acceptors (Lipinski definition) is 4. The number of carboxylic acid groups (broad SMARTS) is 1. The van der Waals surface area contributed by atoms with E-state index < -0.39 is 5.97 Å². The Morgan fingerprint density at radius 1 is 1.00 bits per heavy atom. The number of ether oxygens (including phenoxy) is 2. The van der Waals surface area contributed by atoms with Gasteiger partial charge in [-0.1, -0.05) is 30.3 Å². The number of aliphatic carboxylic acids is 1. The first-order chi connectivity index (χ1) is 10.2. The Hall–Kier alpha value is -2.82. The van der Waals surface area contributed by atoms with Crippen molar-refractivity contribution < 1.29 is 24.2 Å². The maximum absolute atomic E-state index is 10.9. The van der Waals surface area contributed by atoms with Gasteiger partial charge in [0, 0.05) is 5.56 Å². The van der Waals surface area contributed by atoms with Crippen LogP contribution in [0.15, 0.2) is 48.5 Å². The summed E-state index contributed by atoms with van der Waals surface area (Å²) in [5.74, 6) is 0.366. The van der Waals surface area contributed by atoms with Crippen LogP contribution in [-0.4, -0.2) is 24.0 Å². The zero-order valence-electron chi connectivity index (χ0n) is 11.2. The number of carbonyl (C=O) groups excluding carboxylic acids is 1. The summed E-state index contributed by atoms with van der Waals surface area (Å²) in [4.78, 5) is 21.3. The molecule has 0 atom stereocenters. The number of rotatable bonds is 7. The van der Waals surface area contributed by atoms with Crippen molar-refractivity contribution in [3.63, 3.8) is 0 Å². The molecule has 108 valence electrons. The highest BCUT2D eigenvalue weighted by atomic mass is 16.5. The van der Waals surface area contributed by atoms with Gasteiger partial charge in [0.25, 0.3) is 0 Å². The highest BCUT2D eigenvalue weighted by Gasteiger charge is 2.11. The molecule has 0 radical (unpaired) electrons. The Labute approximate surface area is 121 Å². The summed E-state index contributed by atoms with van der Waals surface area (Å²) in [5.41, 5.74) is 0.565.